The molecule has 2 aromatic carbocycles. The number of rotatable bonds is 3. The fraction of sp³-hybridized carbons (Fsp3) is 0.333. The van der Waals surface area contributed by atoms with Gasteiger partial charge in [0.25, 0.3) is 0 Å². The van der Waals surface area contributed by atoms with Crippen LogP contribution in [0.25, 0.3) is 0 Å². The lowest BCUT2D eigenvalue weighted by atomic mass is 9.99. The molecule has 2 nitrogen and oxygen atoms in total. The highest BCUT2D eigenvalue weighted by Crippen LogP contribution is 2.17. The van der Waals surface area contributed by atoms with E-state index in [4.69, 9.17) is 0 Å². The van der Waals surface area contributed by atoms with E-state index in [1.54, 1.807) is 0 Å². The van der Waals surface area contributed by atoms with Crippen molar-refractivity contribution in [2.75, 3.05) is 24.5 Å². The number of nitrogens with one attached hydrogen (secondary N) is 1. The minimum absolute atomic E-state index is 0.532. The Kier molecular flexibility index (Phi) is 4.03. The van der Waals surface area contributed by atoms with Crippen molar-refractivity contribution in [1.82, 2.24) is 5.32 Å². The summed E-state index contributed by atoms with van der Waals surface area (Å²) in [6, 6.07) is 20.0. The molecule has 0 spiro atoms. The van der Waals surface area contributed by atoms with Crippen molar-refractivity contribution < 1.29 is 0 Å². The summed E-state index contributed by atoms with van der Waals surface area (Å²) in [6.07, 6.45) is 1.11. The molecule has 1 heterocycles. The Bertz CT molecular complexity index is 550. The van der Waals surface area contributed by atoms with Crippen LogP contribution in [-0.4, -0.2) is 25.7 Å². The highest BCUT2D eigenvalue weighted by atomic mass is 15.2. The number of piperazine rings is 1. The van der Waals surface area contributed by atoms with Gasteiger partial charge in [-0.15, -0.1) is 0 Å². The van der Waals surface area contributed by atoms with Crippen LogP contribution in [0.4, 0.5) is 5.69 Å². The van der Waals surface area contributed by atoms with Gasteiger partial charge in [-0.05, 0) is 36.6 Å². The first kappa shape index (κ1) is 13.2. The van der Waals surface area contributed by atoms with Crippen LogP contribution in [0.15, 0.2) is 54.6 Å². The number of benzene rings is 2. The monoisotopic (exact) mass is 266 g/mol. The highest BCUT2D eigenvalue weighted by Gasteiger charge is 2.20. The second-order valence-electron chi connectivity index (χ2n) is 5.56. The third kappa shape index (κ3) is 3.02. The molecule has 3 rings (SSSR count). The highest BCUT2D eigenvalue weighted by molar-refractivity contribution is 5.46. The summed E-state index contributed by atoms with van der Waals surface area (Å²) >= 11 is 0. The topological polar surface area (TPSA) is 15.3 Å². The number of hydrogen-bond acceptors (Lipinski definition) is 2. The van der Waals surface area contributed by atoms with Crippen LogP contribution < -0.4 is 10.2 Å². The van der Waals surface area contributed by atoms with Crippen LogP contribution >= 0.6 is 0 Å². The first-order valence-electron chi connectivity index (χ1n) is 7.41. The quantitative estimate of drug-likeness (QED) is 0.918. The second-order valence-corrected chi connectivity index (χ2v) is 5.56. The van der Waals surface area contributed by atoms with Crippen molar-refractivity contribution in [3.05, 3.63) is 65.7 Å². The third-order valence-electron chi connectivity index (χ3n) is 4.10. The molecule has 0 aromatic heterocycles. The van der Waals surface area contributed by atoms with E-state index in [9.17, 15) is 0 Å². The van der Waals surface area contributed by atoms with Crippen molar-refractivity contribution in [2.24, 2.45) is 0 Å². The van der Waals surface area contributed by atoms with E-state index in [0.717, 1.165) is 26.1 Å². The van der Waals surface area contributed by atoms with E-state index in [1.807, 2.05) is 0 Å². The molecular formula is C18H22N2. The van der Waals surface area contributed by atoms with E-state index >= 15 is 0 Å². The Morgan fingerprint density at radius 3 is 2.60 bits per heavy atom. The molecule has 0 radical (unpaired) electrons. The number of para-hydroxylation sites is 1. The molecule has 1 fully saturated rings. The van der Waals surface area contributed by atoms with E-state index in [1.165, 1.54) is 16.8 Å². The predicted octanol–water partition coefficient (Wildman–Crippen LogP) is 3.02. The molecule has 1 N–H and O–H groups in total. The number of hydrogen-bond donors (Lipinski definition) is 1. The van der Waals surface area contributed by atoms with Gasteiger partial charge in [0.05, 0.1) is 0 Å². The molecule has 0 amide bonds. The third-order valence-corrected chi connectivity index (χ3v) is 4.10. The van der Waals surface area contributed by atoms with Crippen LogP contribution in [-0.2, 0) is 6.42 Å². The zero-order valence-electron chi connectivity index (χ0n) is 12.0. The molecule has 20 heavy (non-hydrogen) atoms. The largest absolute Gasteiger partial charge is 0.369 e. The van der Waals surface area contributed by atoms with Crippen molar-refractivity contribution in [2.45, 2.75) is 19.4 Å². The normalized spacial score (nSPS) is 19.1. The van der Waals surface area contributed by atoms with Crippen molar-refractivity contribution >= 4 is 5.69 Å². The minimum atomic E-state index is 0.532. The summed E-state index contributed by atoms with van der Waals surface area (Å²) in [5.74, 6) is 0. The van der Waals surface area contributed by atoms with E-state index < -0.39 is 0 Å². The van der Waals surface area contributed by atoms with Gasteiger partial charge < -0.3 is 10.2 Å². The standard InChI is InChI=1S/C18H22N2/c1-15-7-5-6-8-16(15)13-17-14-20(12-11-19-17)18-9-3-2-4-10-18/h2-10,17,19H,11-14H2,1H3. The van der Waals surface area contributed by atoms with Gasteiger partial charge in [-0.2, -0.15) is 0 Å². The molecule has 2 aromatic rings. The fourth-order valence-electron chi connectivity index (χ4n) is 2.94. The van der Waals surface area contributed by atoms with E-state index in [2.05, 4.69) is 71.7 Å². The Morgan fingerprint density at radius 2 is 1.80 bits per heavy atom. The summed E-state index contributed by atoms with van der Waals surface area (Å²) in [5.41, 5.74) is 4.19. The molecule has 1 aliphatic rings. The van der Waals surface area contributed by atoms with Gasteiger partial charge in [0.2, 0.25) is 0 Å². The summed E-state index contributed by atoms with van der Waals surface area (Å²) in [5, 5.41) is 3.65. The van der Waals surface area contributed by atoms with Gasteiger partial charge in [0, 0.05) is 31.4 Å². The summed E-state index contributed by atoms with van der Waals surface area (Å²) in [6.45, 7) is 5.44. The zero-order valence-corrected chi connectivity index (χ0v) is 12.0. The van der Waals surface area contributed by atoms with Crippen LogP contribution in [0, 0.1) is 6.92 Å². The lowest BCUT2D eigenvalue weighted by molar-refractivity contribution is 0.454. The average Bonchev–Trinajstić information content (AvgIpc) is 2.51. The summed E-state index contributed by atoms with van der Waals surface area (Å²) < 4.78 is 0. The lowest BCUT2D eigenvalue weighted by Gasteiger charge is -2.35. The van der Waals surface area contributed by atoms with Crippen LogP contribution in [0.2, 0.25) is 0 Å². The van der Waals surface area contributed by atoms with Gasteiger partial charge in [-0.25, -0.2) is 0 Å². The number of aryl methyl sites for hydroxylation is 1. The molecule has 104 valence electrons. The summed E-state index contributed by atoms with van der Waals surface area (Å²) in [7, 11) is 0. The van der Waals surface area contributed by atoms with Crippen LogP contribution in [0.1, 0.15) is 11.1 Å². The molecular weight excluding hydrogens is 244 g/mol. The maximum Gasteiger partial charge on any atom is 0.0367 e. The molecule has 0 aliphatic carbocycles. The van der Waals surface area contributed by atoms with E-state index in [0.29, 0.717) is 6.04 Å². The first-order chi connectivity index (χ1) is 9.83. The molecule has 1 saturated heterocycles. The van der Waals surface area contributed by atoms with Crippen LogP contribution in [0.3, 0.4) is 0 Å². The second kappa shape index (κ2) is 6.10. The molecule has 1 unspecified atom stereocenters. The molecule has 1 aliphatic heterocycles. The van der Waals surface area contributed by atoms with Gasteiger partial charge in [-0.3, -0.25) is 0 Å². The number of nitrogens with zero attached hydrogens (tertiary/aromatic N) is 1. The Labute approximate surface area is 121 Å². The minimum Gasteiger partial charge on any atom is -0.369 e. The molecule has 0 saturated carbocycles. The molecule has 1 atom stereocenters. The van der Waals surface area contributed by atoms with Gasteiger partial charge in [0.15, 0.2) is 0 Å². The fourth-order valence-corrected chi connectivity index (χ4v) is 2.94. The zero-order chi connectivity index (χ0) is 13.8. The Balaban J connectivity index is 1.68. The van der Waals surface area contributed by atoms with Gasteiger partial charge in [-0.1, -0.05) is 42.5 Å². The SMILES string of the molecule is Cc1ccccc1CC1CN(c2ccccc2)CCN1. The average molecular weight is 266 g/mol. The maximum atomic E-state index is 3.65. The van der Waals surface area contributed by atoms with Crippen molar-refractivity contribution in [3.8, 4) is 0 Å². The van der Waals surface area contributed by atoms with Crippen molar-refractivity contribution in [3.63, 3.8) is 0 Å². The van der Waals surface area contributed by atoms with E-state index in [-0.39, 0.29) is 0 Å². The maximum absolute atomic E-state index is 3.65. The predicted molar refractivity (Wildman–Crippen MR) is 85.3 cm³/mol. The smallest absolute Gasteiger partial charge is 0.0367 e. The Morgan fingerprint density at radius 1 is 1.05 bits per heavy atom. The van der Waals surface area contributed by atoms with Gasteiger partial charge >= 0.3 is 0 Å². The lowest BCUT2D eigenvalue weighted by Crippen LogP contribution is -2.51. The summed E-state index contributed by atoms with van der Waals surface area (Å²) in [4.78, 5) is 2.49. The van der Waals surface area contributed by atoms with Crippen LogP contribution in [0.5, 0.6) is 0 Å². The van der Waals surface area contributed by atoms with Crippen molar-refractivity contribution in [1.29, 1.82) is 0 Å². The number of anilines is 1. The van der Waals surface area contributed by atoms with Gasteiger partial charge in [0.1, 0.15) is 0 Å². The molecule has 0 bridgehead atoms. The first-order valence-corrected chi connectivity index (χ1v) is 7.41. The Hall–Kier alpha value is -1.80. The molecule has 2 heteroatoms.